The van der Waals surface area contributed by atoms with E-state index in [1.807, 2.05) is 36.3 Å². The van der Waals surface area contributed by atoms with Crippen molar-refractivity contribution < 1.29 is 9.00 Å². The van der Waals surface area contributed by atoms with Crippen molar-refractivity contribution in [2.75, 3.05) is 12.8 Å². The van der Waals surface area contributed by atoms with Gasteiger partial charge in [-0.3, -0.25) is 14.3 Å². The summed E-state index contributed by atoms with van der Waals surface area (Å²) in [6.45, 7) is 4.32. The standard InChI is InChI=1S/C12H18N2O2S2/c1-8(18(3)16)7-14-11(10-5-4-6-17-10)13-9(2)12(14)15/h4-6,8-9,11,13H,7H2,1-3H3. The molecular formula is C12H18N2O2S2. The highest BCUT2D eigenvalue weighted by Gasteiger charge is 2.38. The zero-order valence-electron chi connectivity index (χ0n) is 10.8. The molecule has 1 amide bonds. The molecule has 1 aliphatic rings. The van der Waals surface area contributed by atoms with Gasteiger partial charge in [0.2, 0.25) is 5.91 Å². The molecule has 1 aromatic heterocycles. The summed E-state index contributed by atoms with van der Waals surface area (Å²) in [5.74, 6) is 0.0886. The van der Waals surface area contributed by atoms with Crippen molar-refractivity contribution in [3.8, 4) is 0 Å². The fraction of sp³-hybridized carbons (Fsp3) is 0.583. The number of carbonyl (C=O) groups is 1. The average Bonchev–Trinajstić information content (AvgIpc) is 2.92. The molecule has 4 nitrogen and oxygen atoms in total. The molecule has 1 N–H and O–H groups in total. The summed E-state index contributed by atoms with van der Waals surface area (Å²) in [5.41, 5.74) is 0. The number of thiophene rings is 1. The van der Waals surface area contributed by atoms with E-state index in [0.29, 0.717) is 6.54 Å². The van der Waals surface area contributed by atoms with Crippen LogP contribution in [0.2, 0.25) is 0 Å². The van der Waals surface area contributed by atoms with E-state index in [-0.39, 0.29) is 23.4 Å². The van der Waals surface area contributed by atoms with E-state index in [1.165, 1.54) is 0 Å². The Morgan fingerprint density at radius 3 is 2.89 bits per heavy atom. The Morgan fingerprint density at radius 2 is 2.33 bits per heavy atom. The summed E-state index contributed by atoms with van der Waals surface area (Å²) in [6.07, 6.45) is 1.61. The Labute approximate surface area is 114 Å². The number of amides is 1. The molecule has 2 heterocycles. The monoisotopic (exact) mass is 286 g/mol. The molecular weight excluding hydrogens is 268 g/mol. The van der Waals surface area contributed by atoms with Crippen molar-refractivity contribution in [2.45, 2.75) is 31.3 Å². The fourth-order valence-electron chi connectivity index (χ4n) is 2.03. The van der Waals surface area contributed by atoms with Gasteiger partial charge in [-0.15, -0.1) is 11.3 Å². The molecule has 1 saturated heterocycles. The second-order valence-corrected chi connectivity index (χ2v) is 7.39. The van der Waals surface area contributed by atoms with E-state index in [2.05, 4.69) is 5.32 Å². The Morgan fingerprint density at radius 1 is 1.61 bits per heavy atom. The first-order valence-corrected chi connectivity index (χ1v) is 8.43. The van der Waals surface area contributed by atoms with Crippen LogP contribution in [-0.4, -0.2) is 39.1 Å². The third-order valence-electron chi connectivity index (χ3n) is 3.21. The lowest BCUT2D eigenvalue weighted by atomic mass is 10.3. The molecule has 0 bridgehead atoms. The number of hydrogen-bond acceptors (Lipinski definition) is 4. The van der Waals surface area contributed by atoms with E-state index in [0.717, 1.165) is 4.88 Å². The van der Waals surface area contributed by atoms with Gasteiger partial charge in [0.1, 0.15) is 6.17 Å². The number of hydrogen-bond donors (Lipinski definition) is 1. The molecule has 100 valence electrons. The van der Waals surface area contributed by atoms with Crippen LogP contribution in [0, 0.1) is 0 Å². The summed E-state index contributed by atoms with van der Waals surface area (Å²) in [4.78, 5) is 15.1. The van der Waals surface area contributed by atoms with Gasteiger partial charge in [0, 0.05) is 33.7 Å². The van der Waals surface area contributed by atoms with E-state index >= 15 is 0 Å². The van der Waals surface area contributed by atoms with Crippen LogP contribution in [0.3, 0.4) is 0 Å². The van der Waals surface area contributed by atoms with Gasteiger partial charge in [-0.1, -0.05) is 6.07 Å². The van der Waals surface area contributed by atoms with Crippen molar-refractivity contribution in [1.82, 2.24) is 10.2 Å². The number of nitrogens with one attached hydrogen (secondary N) is 1. The third kappa shape index (κ3) is 2.65. The Bertz CT molecular complexity index is 447. The van der Waals surface area contributed by atoms with Crippen LogP contribution in [0.15, 0.2) is 17.5 Å². The first-order chi connectivity index (χ1) is 8.50. The largest absolute Gasteiger partial charge is 0.320 e. The molecule has 4 unspecified atom stereocenters. The van der Waals surface area contributed by atoms with Gasteiger partial charge in [0.15, 0.2) is 0 Å². The molecule has 0 spiro atoms. The van der Waals surface area contributed by atoms with Crippen molar-refractivity contribution in [3.63, 3.8) is 0 Å². The minimum atomic E-state index is -0.913. The molecule has 1 aromatic rings. The van der Waals surface area contributed by atoms with Crippen molar-refractivity contribution in [3.05, 3.63) is 22.4 Å². The molecule has 1 aliphatic heterocycles. The fourth-order valence-corrected chi connectivity index (χ4v) is 3.20. The Hall–Kier alpha value is -0.720. The van der Waals surface area contributed by atoms with Crippen LogP contribution < -0.4 is 5.32 Å². The molecule has 0 aliphatic carbocycles. The molecule has 0 radical (unpaired) electrons. The van der Waals surface area contributed by atoms with E-state index in [9.17, 15) is 9.00 Å². The Kier molecular flexibility index (Phi) is 4.19. The zero-order chi connectivity index (χ0) is 13.3. The van der Waals surface area contributed by atoms with Gasteiger partial charge in [-0.2, -0.15) is 0 Å². The SMILES string of the molecule is CC1NC(c2cccs2)N(CC(C)S(C)=O)C1=O. The number of rotatable bonds is 4. The van der Waals surface area contributed by atoms with Crippen molar-refractivity contribution in [1.29, 1.82) is 0 Å². The molecule has 2 rings (SSSR count). The maximum atomic E-state index is 12.1. The van der Waals surface area contributed by atoms with Crippen LogP contribution in [0.25, 0.3) is 0 Å². The number of nitrogens with zero attached hydrogens (tertiary/aromatic N) is 1. The van der Waals surface area contributed by atoms with Crippen molar-refractivity contribution >= 4 is 28.0 Å². The normalized spacial score (nSPS) is 27.5. The van der Waals surface area contributed by atoms with Gasteiger partial charge in [0.25, 0.3) is 0 Å². The van der Waals surface area contributed by atoms with Crippen LogP contribution >= 0.6 is 11.3 Å². The molecule has 0 aromatic carbocycles. The molecule has 18 heavy (non-hydrogen) atoms. The summed E-state index contributed by atoms with van der Waals surface area (Å²) in [7, 11) is -0.913. The van der Waals surface area contributed by atoms with E-state index in [1.54, 1.807) is 17.6 Å². The summed E-state index contributed by atoms with van der Waals surface area (Å²) in [6, 6.07) is 3.83. The van der Waals surface area contributed by atoms with Gasteiger partial charge < -0.3 is 4.90 Å². The molecule has 0 saturated carbocycles. The predicted octanol–water partition coefficient (Wildman–Crippen LogP) is 1.33. The van der Waals surface area contributed by atoms with E-state index in [4.69, 9.17) is 0 Å². The highest BCUT2D eigenvalue weighted by Crippen LogP contribution is 2.28. The second kappa shape index (κ2) is 5.50. The molecule has 4 atom stereocenters. The van der Waals surface area contributed by atoms with Crippen LogP contribution in [0.1, 0.15) is 24.9 Å². The van der Waals surface area contributed by atoms with Crippen LogP contribution in [-0.2, 0) is 15.6 Å². The van der Waals surface area contributed by atoms with Crippen molar-refractivity contribution in [2.24, 2.45) is 0 Å². The minimum absolute atomic E-state index is 0.0106. The highest BCUT2D eigenvalue weighted by molar-refractivity contribution is 7.84. The highest BCUT2D eigenvalue weighted by atomic mass is 32.2. The van der Waals surface area contributed by atoms with Gasteiger partial charge >= 0.3 is 0 Å². The van der Waals surface area contributed by atoms with Crippen LogP contribution in [0.4, 0.5) is 0 Å². The lowest BCUT2D eigenvalue weighted by Crippen LogP contribution is -2.37. The quantitative estimate of drug-likeness (QED) is 0.908. The number of carbonyl (C=O) groups excluding carboxylic acids is 1. The maximum absolute atomic E-state index is 12.1. The topological polar surface area (TPSA) is 49.4 Å². The summed E-state index contributed by atoms with van der Waals surface area (Å²) >= 11 is 1.63. The maximum Gasteiger partial charge on any atom is 0.241 e. The average molecular weight is 286 g/mol. The Balaban J connectivity index is 2.18. The third-order valence-corrected chi connectivity index (χ3v) is 5.41. The first kappa shape index (κ1) is 13.7. The van der Waals surface area contributed by atoms with Gasteiger partial charge in [-0.25, -0.2) is 0 Å². The lowest BCUT2D eigenvalue weighted by Gasteiger charge is -2.25. The predicted molar refractivity (Wildman–Crippen MR) is 74.9 cm³/mol. The lowest BCUT2D eigenvalue weighted by molar-refractivity contribution is -0.129. The minimum Gasteiger partial charge on any atom is -0.320 e. The van der Waals surface area contributed by atoms with Gasteiger partial charge in [-0.05, 0) is 25.3 Å². The van der Waals surface area contributed by atoms with E-state index < -0.39 is 10.8 Å². The summed E-state index contributed by atoms with van der Waals surface area (Å²) < 4.78 is 11.5. The second-order valence-electron chi connectivity index (χ2n) is 4.61. The van der Waals surface area contributed by atoms with Gasteiger partial charge in [0.05, 0.1) is 6.04 Å². The zero-order valence-corrected chi connectivity index (χ0v) is 12.4. The first-order valence-electron chi connectivity index (χ1n) is 5.93. The smallest absolute Gasteiger partial charge is 0.241 e. The summed E-state index contributed by atoms with van der Waals surface area (Å²) in [5, 5.41) is 5.28. The van der Waals surface area contributed by atoms with Crippen LogP contribution in [0.5, 0.6) is 0 Å². The molecule has 6 heteroatoms. The molecule has 1 fully saturated rings.